The first kappa shape index (κ1) is 32.0. The van der Waals surface area contributed by atoms with Gasteiger partial charge in [0.2, 0.25) is 5.82 Å². The smallest absolute Gasteiger partial charge is 0.418 e. The molecule has 15 heteroatoms. The number of carbonyl (C=O) groups excluding carboxylic acids is 1. The number of piperazine rings is 1. The van der Waals surface area contributed by atoms with E-state index in [1.807, 2.05) is 4.90 Å². The maximum atomic E-state index is 15.7. The standard InChI is InChI=1S/C29H36F4N8O2S/c1-4-43-23(42)7-9-39-10-12-40(13-11-39)27-24(30)26(35-17-36-27)38-28-37-25(22(44-28)16-41-8-5-6-18(41)2)20-14-21(29(31,32)33)19(3)34-15-20/h14-15,17-18H,4-13,16H2,1-3H3,(H,35,36,37,38)/t18-/m1/s1. The molecule has 0 unspecified atom stereocenters. The summed E-state index contributed by atoms with van der Waals surface area (Å²) in [6, 6.07) is 1.41. The second kappa shape index (κ2) is 13.7. The van der Waals surface area contributed by atoms with Crippen molar-refractivity contribution in [3.8, 4) is 11.3 Å². The van der Waals surface area contributed by atoms with Gasteiger partial charge < -0.3 is 15.0 Å². The van der Waals surface area contributed by atoms with Gasteiger partial charge in [0.1, 0.15) is 6.33 Å². The van der Waals surface area contributed by atoms with E-state index in [2.05, 4.69) is 42.0 Å². The number of ether oxygens (including phenoxy) is 1. The molecule has 3 aromatic rings. The highest BCUT2D eigenvalue weighted by molar-refractivity contribution is 7.16. The van der Waals surface area contributed by atoms with Crippen molar-refractivity contribution in [3.05, 3.63) is 40.5 Å². The number of hydrogen-bond acceptors (Lipinski definition) is 11. The largest absolute Gasteiger partial charge is 0.466 e. The summed E-state index contributed by atoms with van der Waals surface area (Å²) in [7, 11) is 0. The SMILES string of the molecule is CCOC(=O)CCN1CCN(c2ncnc(Nc3nc(-c4cnc(C)c(C(F)(F)F)c4)c(CN4CCC[C@H]4C)s3)c2F)CC1. The Kier molecular flexibility index (Phi) is 9.95. The van der Waals surface area contributed by atoms with E-state index in [0.29, 0.717) is 69.2 Å². The molecule has 0 aromatic carbocycles. The summed E-state index contributed by atoms with van der Waals surface area (Å²) in [6.45, 7) is 9.80. The summed E-state index contributed by atoms with van der Waals surface area (Å²) in [6.07, 6.45) is 0.497. The van der Waals surface area contributed by atoms with Crippen LogP contribution in [0.2, 0.25) is 0 Å². The van der Waals surface area contributed by atoms with Crippen molar-refractivity contribution < 1.29 is 27.1 Å². The number of rotatable bonds is 10. The minimum absolute atomic E-state index is 0.0702. The Hall–Kier alpha value is -3.43. The van der Waals surface area contributed by atoms with Crippen LogP contribution in [-0.2, 0) is 22.3 Å². The normalized spacial score (nSPS) is 18.2. The molecule has 1 N–H and O–H groups in total. The molecular formula is C29H36F4N8O2S. The van der Waals surface area contributed by atoms with Crippen LogP contribution in [0.15, 0.2) is 18.6 Å². The maximum absolute atomic E-state index is 15.7. The molecule has 3 aromatic heterocycles. The van der Waals surface area contributed by atoms with E-state index in [4.69, 9.17) is 4.74 Å². The Labute approximate surface area is 257 Å². The number of alkyl halides is 3. The van der Waals surface area contributed by atoms with Crippen LogP contribution in [0.3, 0.4) is 0 Å². The third kappa shape index (κ3) is 7.44. The van der Waals surface area contributed by atoms with Gasteiger partial charge in [-0.05, 0) is 46.2 Å². The molecule has 2 saturated heterocycles. The van der Waals surface area contributed by atoms with Crippen LogP contribution in [0, 0.1) is 12.7 Å². The van der Waals surface area contributed by atoms with Crippen molar-refractivity contribution in [2.24, 2.45) is 0 Å². The lowest BCUT2D eigenvalue weighted by Gasteiger charge is -2.35. The number of aryl methyl sites for hydroxylation is 1. The van der Waals surface area contributed by atoms with E-state index in [1.54, 1.807) is 6.92 Å². The van der Waals surface area contributed by atoms with Crippen LogP contribution in [0.25, 0.3) is 11.3 Å². The van der Waals surface area contributed by atoms with Gasteiger partial charge in [0.25, 0.3) is 0 Å². The van der Waals surface area contributed by atoms with Gasteiger partial charge in [-0.1, -0.05) is 11.3 Å². The zero-order chi connectivity index (χ0) is 31.4. The molecule has 0 saturated carbocycles. The first-order valence-corrected chi connectivity index (χ1v) is 15.5. The molecule has 2 aliphatic heterocycles. The van der Waals surface area contributed by atoms with Crippen molar-refractivity contribution in [2.75, 3.05) is 56.1 Å². The number of pyridine rings is 1. The summed E-state index contributed by atoms with van der Waals surface area (Å²) >= 11 is 1.26. The van der Waals surface area contributed by atoms with E-state index >= 15 is 4.39 Å². The molecule has 0 spiro atoms. The van der Waals surface area contributed by atoms with Crippen LogP contribution in [0.4, 0.5) is 34.3 Å². The van der Waals surface area contributed by atoms with Gasteiger partial charge in [-0.3, -0.25) is 19.6 Å². The van der Waals surface area contributed by atoms with Gasteiger partial charge in [-0.25, -0.2) is 15.0 Å². The number of hydrogen-bond donors (Lipinski definition) is 1. The third-order valence-corrected chi connectivity index (χ3v) is 8.96. The lowest BCUT2D eigenvalue weighted by atomic mass is 10.1. The zero-order valence-corrected chi connectivity index (χ0v) is 25.8. The second-order valence-electron chi connectivity index (χ2n) is 11.0. The molecule has 1 atom stereocenters. The third-order valence-electron chi connectivity index (χ3n) is 8.01. The molecule has 5 heterocycles. The molecule has 44 heavy (non-hydrogen) atoms. The van der Waals surface area contributed by atoms with Crippen LogP contribution in [0.5, 0.6) is 0 Å². The number of carbonyl (C=O) groups is 1. The number of thiazole rings is 1. The van der Waals surface area contributed by atoms with Crippen LogP contribution in [0.1, 0.15) is 49.2 Å². The number of aromatic nitrogens is 4. The highest BCUT2D eigenvalue weighted by atomic mass is 32.1. The zero-order valence-electron chi connectivity index (χ0n) is 25.0. The summed E-state index contributed by atoms with van der Waals surface area (Å²) in [5.41, 5.74) is -0.299. The predicted octanol–water partition coefficient (Wildman–Crippen LogP) is 5.26. The molecule has 5 rings (SSSR count). The van der Waals surface area contributed by atoms with Gasteiger partial charge in [-0.15, -0.1) is 0 Å². The summed E-state index contributed by atoms with van der Waals surface area (Å²) in [5, 5.41) is 3.27. The summed E-state index contributed by atoms with van der Waals surface area (Å²) < 4.78 is 61.9. The van der Waals surface area contributed by atoms with E-state index in [-0.39, 0.29) is 28.9 Å². The average Bonchev–Trinajstić information content (AvgIpc) is 3.58. The highest BCUT2D eigenvalue weighted by Gasteiger charge is 2.34. The molecule has 0 aliphatic carbocycles. The average molecular weight is 637 g/mol. The van der Waals surface area contributed by atoms with Crippen LogP contribution >= 0.6 is 11.3 Å². The fraction of sp³-hybridized carbons (Fsp3) is 0.552. The Morgan fingerprint density at radius 1 is 1.16 bits per heavy atom. The number of anilines is 3. The molecule has 0 bridgehead atoms. The van der Waals surface area contributed by atoms with E-state index in [9.17, 15) is 18.0 Å². The number of likely N-dealkylation sites (tertiary alicyclic amines) is 1. The second-order valence-corrected chi connectivity index (χ2v) is 12.1. The van der Waals surface area contributed by atoms with Crippen molar-refractivity contribution in [3.63, 3.8) is 0 Å². The summed E-state index contributed by atoms with van der Waals surface area (Å²) in [5.74, 6) is -0.808. The van der Waals surface area contributed by atoms with Gasteiger partial charge in [0.15, 0.2) is 16.8 Å². The Morgan fingerprint density at radius 3 is 2.61 bits per heavy atom. The molecule has 10 nitrogen and oxygen atoms in total. The Morgan fingerprint density at radius 2 is 1.93 bits per heavy atom. The van der Waals surface area contributed by atoms with Gasteiger partial charge in [0.05, 0.1) is 24.3 Å². The highest BCUT2D eigenvalue weighted by Crippen LogP contribution is 2.38. The lowest BCUT2D eigenvalue weighted by Crippen LogP contribution is -2.47. The minimum Gasteiger partial charge on any atom is -0.466 e. The quantitative estimate of drug-likeness (QED) is 0.234. The molecule has 238 valence electrons. The van der Waals surface area contributed by atoms with Gasteiger partial charge >= 0.3 is 12.1 Å². The van der Waals surface area contributed by atoms with Crippen molar-refractivity contribution in [1.29, 1.82) is 0 Å². The first-order valence-electron chi connectivity index (χ1n) is 14.7. The fourth-order valence-electron chi connectivity index (χ4n) is 5.53. The maximum Gasteiger partial charge on any atom is 0.418 e. The summed E-state index contributed by atoms with van der Waals surface area (Å²) in [4.78, 5) is 35.6. The number of nitrogens with one attached hydrogen (secondary N) is 1. The Bertz CT molecular complexity index is 1460. The fourth-order valence-corrected chi connectivity index (χ4v) is 6.54. The number of esters is 1. The molecule has 0 radical (unpaired) electrons. The molecule has 2 aliphatic rings. The van der Waals surface area contributed by atoms with Crippen LogP contribution < -0.4 is 10.2 Å². The topological polar surface area (TPSA) is 99.6 Å². The number of nitrogens with zero attached hydrogens (tertiary/aromatic N) is 7. The van der Waals surface area contributed by atoms with E-state index in [1.165, 1.54) is 30.8 Å². The minimum atomic E-state index is -4.55. The molecular weight excluding hydrogens is 600 g/mol. The van der Waals surface area contributed by atoms with E-state index < -0.39 is 17.6 Å². The van der Waals surface area contributed by atoms with Crippen molar-refractivity contribution >= 4 is 34.1 Å². The Balaban J connectivity index is 1.36. The van der Waals surface area contributed by atoms with Gasteiger partial charge in [-0.2, -0.15) is 17.6 Å². The van der Waals surface area contributed by atoms with E-state index in [0.717, 1.165) is 30.3 Å². The predicted molar refractivity (Wildman–Crippen MR) is 159 cm³/mol. The molecule has 2 fully saturated rings. The van der Waals surface area contributed by atoms with Gasteiger partial charge in [0, 0.05) is 67.6 Å². The van der Waals surface area contributed by atoms with Crippen molar-refractivity contribution in [1.82, 2.24) is 29.7 Å². The number of halogens is 4. The van der Waals surface area contributed by atoms with Crippen molar-refractivity contribution in [2.45, 2.75) is 58.8 Å². The monoisotopic (exact) mass is 636 g/mol. The lowest BCUT2D eigenvalue weighted by molar-refractivity contribution is -0.143. The van der Waals surface area contributed by atoms with Crippen LogP contribution in [-0.4, -0.2) is 87.6 Å². The first-order chi connectivity index (χ1) is 21.0. The molecule has 0 amide bonds.